The van der Waals surface area contributed by atoms with Gasteiger partial charge in [-0.05, 0) is 13.0 Å². The Labute approximate surface area is 153 Å². The number of amides is 3. The first-order valence-electron chi connectivity index (χ1n) is 6.41. The van der Waals surface area contributed by atoms with Gasteiger partial charge in [0.1, 0.15) is 5.36 Å². The topological polar surface area (TPSA) is 114 Å². The molecule has 1 aliphatic heterocycles. The lowest BCUT2D eigenvalue weighted by atomic mass is 10.2. The fourth-order valence-electron chi connectivity index (χ4n) is 1.73. The first kappa shape index (κ1) is 18.5. The van der Waals surface area contributed by atoms with E-state index >= 15 is 0 Å². The number of alkyl halides is 1. The standard InChI is InChI=1S/C13H8BrCl2N3O5/c1-2-24-13(23)6(14)10(20)19-9-7(16)4(15)3-5-8(9)18-12(22)11(21)17-5/h3,6H,2H2,1H3,(H,19,20). The van der Waals surface area contributed by atoms with E-state index in [0.29, 0.717) is 0 Å². The highest BCUT2D eigenvalue weighted by Crippen LogP contribution is 2.26. The van der Waals surface area contributed by atoms with Crippen LogP contribution in [0.5, 0.6) is 0 Å². The predicted molar refractivity (Wildman–Crippen MR) is 86.8 cm³/mol. The second-order valence-corrected chi connectivity index (χ2v) is 6.05. The molecule has 1 aromatic rings. The summed E-state index contributed by atoms with van der Waals surface area (Å²) < 4.78 is 4.71. The third-order valence-electron chi connectivity index (χ3n) is 2.76. The van der Waals surface area contributed by atoms with Crippen molar-refractivity contribution in [2.45, 2.75) is 11.8 Å². The summed E-state index contributed by atoms with van der Waals surface area (Å²) in [6.45, 7) is 1.68. The Morgan fingerprint density at radius 2 is 1.92 bits per heavy atom. The van der Waals surface area contributed by atoms with Gasteiger partial charge in [0.2, 0.25) is 5.91 Å². The molecule has 126 valence electrons. The Morgan fingerprint density at radius 3 is 2.54 bits per heavy atom. The van der Waals surface area contributed by atoms with E-state index in [4.69, 9.17) is 27.9 Å². The lowest BCUT2D eigenvalue weighted by molar-refractivity contribution is -0.144. The number of fused-ring (bicyclic) bond motifs is 1. The molecule has 1 unspecified atom stereocenters. The minimum absolute atomic E-state index is 0.0194. The van der Waals surface area contributed by atoms with Crippen molar-refractivity contribution in [2.24, 2.45) is 9.98 Å². The number of benzene rings is 1. The molecule has 0 saturated carbocycles. The van der Waals surface area contributed by atoms with Crippen molar-refractivity contribution in [3.8, 4) is 0 Å². The Hall–Kier alpha value is -1.84. The van der Waals surface area contributed by atoms with Gasteiger partial charge in [-0.3, -0.25) is 19.2 Å². The van der Waals surface area contributed by atoms with Gasteiger partial charge in [-0.1, -0.05) is 39.1 Å². The number of nitrogens with one attached hydrogen (secondary N) is 1. The number of ether oxygens (including phenoxy) is 1. The largest absolute Gasteiger partial charge is 0.465 e. The predicted octanol–water partition coefficient (Wildman–Crippen LogP) is 0.564. The zero-order chi connectivity index (χ0) is 18.0. The molecule has 0 aromatic heterocycles. The number of rotatable bonds is 4. The number of hydrogen-bond donors (Lipinski definition) is 1. The number of halogens is 3. The van der Waals surface area contributed by atoms with Gasteiger partial charge >= 0.3 is 17.8 Å². The minimum atomic E-state index is -1.32. The van der Waals surface area contributed by atoms with Crippen LogP contribution in [-0.4, -0.2) is 35.1 Å². The lowest BCUT2D eigenvalue weighted by Gasteiger charge is -2.13. The molecule has 1 aromatic carbocycles. The van der Waals surface area contributed by atoms with E-state index in [1.165, 1.54) is 6.07 Å². The van der Waals surface area contributed by atoms with Crippen molar-refractivity contribution >= 4 is 68.5 Å². The van der Waals surface area contributed by atoms with Gasteiger partial charge in [0.15, 0.2) is 4.83 Å². The van der Waals surface area contributed by atoms with Gasteiger partial charge in [-0.15, -0.1) is 0 Å². The SMILES string of the molecule is CCOC(=O)C(Br)C(=O)Nc1c(Cl)c(Cl)cc2c1=NC(=O)C(=O)N=2. The van der Waals surface area contributed by atoms with Crippen molar-refractivity contribution < 1.29 is 23.9 Å². The lowest BCUT2D eigenvalue weighted by Crippen LogP contribution is -2.39. The Morgan fingerprint density at radius 1 is 1.29 bits per heavy atom. The molecule has 0 saturated heterocycles. The zero-order valence-electron chi connectivity index (χ0n) is 11.9. The number of hydrogen-bond acceptors (Lipinski definition) is 5. The van der Waals surface area contributed by atoms with Crippen molar-refractivity contribution in [2.75, 3.05) is 11.9 Å². The molecule has 2 rings (SSSR count). The average molecular weight is 437 g/mol. The minimum Gasteiger partial charge on any atom is -0.465 e. The van der Waals surface area contributed by atoms with Crippen molar-refractivity contribution in [1.29, 1.82) is 0 Å². The molecule has 1 N–H and O–H groups in total. The van der Waals surface area contributed by atoms with E-state index in [0.717, 1.165) is 0 Å². The Kier molecular flexibility index (Phi) is 5.68. The van der Waals surface area contributed by atoms with Crippen LogP contribution in [0.2, 0.25) is 10.0 Å². The molecule has 0 radical (unpaired) electrons. The summed E-state index contributed by atoms with van der Waals surface area (Å²) in [4.78, 5) is 52.2. The molecule has 0 spiro atoms. The summed E-state index contributed by atoms with van der Waals surface area (Å²) in [6.07, 6.45) is 0. The maximum absolute atomic E-state index is 12.1. The van der Waals surface area contributed by atoms with Crippen LogP contribution in [-0.2, 0) is 23.9 Å². The van der Waals surface area contributed by atoms with Gasteiger partial charge < -0.3 is 10.1 Å². The average Bonchev–Trinajstić information content (AvgIpc) is 2.53. The highest BCUT2D eigenvalue weighted by Gasteiger charge is 2.27. The second kappa shape index (κ2) is 7.37. The highest BCUT2D eigenvalue weighted by atomic mass is 79.9. The van der Waals surface area contributed by atoms with E-state index < -0.39 is 28.5 Å². The van der Waals surface area contributed by atoms with Crippen LogP contribution < -0.4 is 16.0 Å². The molecule has 1 atom stereocenters. The summed E-state index contributed by atoms with van der Waals surface area (Å²) in [6, 6.07) is 1.24. The number of anilines is 1. The second-order valence-electron chi connectivity index (χ2n) is 4.35. The van der Waals surface area contributed by atoms with Gasteiger partial charge in [-0.25, -0.2) is 9.98 Å². The monoisotopic (exact) mass is 435 g/mol. The Bertz CT molecular complexity index is 887. The number of nitrogens with zero attached hydrogens (tertiary/aromatic N) is 2. The molecule has 0 bridgehead atoms. The van der Waals surface area contributed by atoms with E-state index in [-0.39, 0.29) is 33.1 Å². The van der Waals surface area contributed by atoms with Crippen molar-refractivity contribution in [3.05, 3.63) is 26.8 Å². The highest BCUT2D eigenvalue weighted by molar-refractivity contribution is 9.10. The molecule has 24 heavy (non-hydrogen) atoms. The van der Waals surface area contributed by atoms with Crippen LogP contribution in [0.15, 0.2) is 16.1 Å². The maximum atomic E-state index is 12.1. The maximum Gasteiger partial charge on any atom is 0.338 e. The molecule has 0 aliphatic carbocycles. The molecular weight excluding hydrogens is 429 g/mol. The van der Waals surface area contributed by atoms with Crippen LogP contribution in [0, 0.1) is 0 Å². The third kappa shape index (κ3) is 3.63. The van der Waals surface area contributed by atoms with E-state index in [1.807, 2.05) is 0 Å². The molecule has 11 heteroatoms. The van der Waals surface area contributed by atoms with Crippen LogP contribution in [0.25, 0.3) is 0 Å². The summed E-state index contributed by atoms with van der Waals surface area (Å²) in [7, 11) is 0. The van der Waals surface area contributed by atoms with Crippen molar-refractivity contribution in [3.63, 3.8) is 0 Å². The number of esters is 1. The quantitative estimate of drug-likeness (QED) is 0.320. The smallest absolute Gasteiger partial charge is 0.338 e. The van der Waals surface area contributed by atoms with Crippen LogP contribution in [0.1, 0.15) is 6.92 Å². The van der Waals surface area contributed by atoms with Crippen LogP contribution in [0.4, 0.5) is 5.69 Å². The molecule has 1 aliphatic rings. The molecule has 0 fully saturated rings. The summed E-state index contributed by atoms with van der Waals surface area (Å²) >= 11 is 14.8. The van der Waals surface area contributed by atoms with Gasteiger partial charge in [0.25, 0.3) is 0 Å². The van der Waals surface area contributed by atoms with E-state index in [2.05, 4.69) is 31.2 Å². The summed E-state index contributed by atoms with van der Waals surface area (Å²) in [5.74, 6) is -3.81. The van der Waals surface area contributed by atoms with Crippen LogP contribution >= 0.6 is 39.1 Å². The number of carbonyl (C=O) groups is 4. The normalized spacial score (nSPS) is 14.2. The number of carbonyl (C=O) groups excluding carboxylic acids is 4. The Balaban J connectivity index is 2.49. The molecular formula is C13H8BrCl2N3O5. The first-order valence-corrected chi connectivity index (χ1v) is 8.08. The van der Waals surface area contributed by atoms with Gasteiger partial charge in [0.05, 0.1) is 27.7 Å². The van der Waals surface area contributed by atoms with E-state index in [9.17, 15) is 19.2 Å². The zero-order valence-corrected chi connectivity index (χ0v) is 15.0. The van der Waals surface area contributed by atoms with Gasteiger partial charge in [0, 0.05) is 0 Å². The van der Waals surface area contributed by atoms with Crippen LogP contribution in [0.3, 0.4) is 0 Å². The molecule has 1 heterocycles. The van der Waals surface area contributed by atoms with E-state index in [1.54, 1.807) is 6.92 Å². The van der Waals surface area contributed by atoms with Gasteiger partial charge in [-0.2, -0.15) is 0 Å². The molecule has 8 nitrogen and oxygen atoms in total. The first-order chi connectivity index (χ1) is 11.3. The van der Waals surface area contributed by atoms with Crippen molar-refractivity contribution in [1.82, 2.24) is 0 Å². The third-order valence-corrected chi connectivity index (χ3v) is 4.34. The molecule has 3 amide bonds. The fourth-order valence-corrected chi connectivity index (χ4v) is 2.37. The summed E-state index contributed by atoms with van der Waals surface area (Å²) in [5, 5.41) is 2.06. The fraction of sp³-hybridized carbons (Fsp3) is 0.231. The summed E-state index contributed by atoms with van der Waals surface area (Å²) in [5.41, 5.74) is -0.137.